The maximum absolute atomic E-state index is 5.06. The van der Waals surface area contributed by atoms with Crippen molar-refractivity contribution >= 4 is 0 Å². The zero-order valence-corrected chi connectivity index (χ0v) is 9.86. The van der Waals surface area contributed by atoms with Crippen LogP contribution in [0.3, 0.4) is 0 Å². The molecule has 0 spiro atoms. The monoisotopic (exact) mass is 220 g/mol. The third-order valence-electron chi connectivity index (χ3n) is 3.06. The SMILES string of the molecule is COCCNC(Cc1ccccn1)C1CC1. The first kappa shape index (κ1) is 11.6. The summed E-state index contributed by atoms with van der Waals surface area (Å²) in [6.45, 7) is 1.72. The van der Waals surface area contributed by atoms with Crippen LogP contribution in [0.15, 0.2) is 24.4 Å². The Morgan fingerprint density at radius 1 is 1.50 bits per heavy atom. The van der Waals surface area contributed by atoms with Crippen LogP contribution in [0.1, 0.15) is 18.5 Å². The van der Waals surface area contributed by atoms with Crippen LogP contribution in [0, 0.1) is 5.92 Å². The van der Waals surface area contributed by atoms with Gasteiger partial charge in [0.25, 0.3) is 0 Å². The Kier molecular flexibility index (Phi) is 4.31. The van der Waals surface area contributed by atoms with Gasteiger partial charge in [-0.15, -0.1) is 0 Å². The molecular weight excluding hydrogens is 200 g/mol. The van der Waals surface area contributed by atoms with E-state index in [1.807, 2.05) is 12.3 Å². The highest BCUT2D eigenvalue weighted by Crippen LogP contribution is 2.33. The van der Waals surface area contributed by atoms with Crippen LogP contribution in [0.2, 0.25) is 0 Å². The van der Waals surface area contributed by atoms with E-state index >= 15 is 0 Å². The minimum absolute atomic E-state index is 0.574. The largest absolute Gasteiger partial charge is 0.383 e. The highest BCUT2D eigenvalue weighted by Gasteiger charge is 2.30. The first-order valence-electron chi connectivity index (χ1n) is 6.02. The van der Waals surface area contributed by atoms with E-state index in [-0.39, 0.29) is 0 Å². The van der Waals surface area contributed by atoms with Gasteiger partial charge in [0.05, 0.1) is 6.61 Å². The Balaban J connectivity index is 1.83. The molecule has 0 aliphatic heterocycles. The molecule has 3 heteroatoms. The van der Waals surface area contributed by atoms with E-state index < -0.39 is 0 Å². The van der Waals surface area contributed by atoms with Crippen molar-refractivity contribution in [2.24, 2.45) is 5.92 Å². The van der Waals surface area contributed by atoms with Gasteiger partial charge < -0.3 is 10.1 Å². The molecule has 2 rings (SSSR count). The molecule has 88 valence electrons. The number of ether oxygens (including phenoxy) is 1. The molecule has 1 aliphatic carbocycles. The van der Waals surface area contributed by atoms with E-state index in [1.54, 1.807) is 7.11 Å². The molecule has 0 aromatic carbocycles. The highest BCUT2D eigenvalue weighted by molar-refractivity contribution is 5.07. The van der Waals surface area contributed by atoms with Crippen LogP contribution < -0.4 is 5.32 Å². The summed E-state index contributed by atoms with van der Waals surface area (Å²) in [6.07, 6.45) is 5.62. The number of aromatic nitrogens is 1. The predicted octanol–water partition coefficient (Wildman–Crippen LogP) is 1.64. The van der Waals surface area contributed by atoms with E-state index in [1.165, 1.54) is 18.5 Å². The first-order chi connectivity index (χ1) is 7.90. The van der Waals surface area contributed by atoms with Crippen molar-refractivity contribution in [3.8, 4) is 0 Å². The van der Waals surface area contributed by atoms with Gasteiger partial charge in [0.1, 0.15) is 0 Å². The van der Waals surface area contributed by atoms with Gasteiger partial charge in [0, 0.05) is 38.0 Å². The highest BCUT2D eigenvalue weighted by atomic mass is 16.5. The molecule has 0 amide bonds. The topological polar surface area (TPSA) is 34.1 Å². The van der Waals surface area contributed by atoms with Crippen molar-refractivity contribution in [2.75, 3.05) is 20.3 Å². The summed E-state index contributed by atoms with van der Waals surface area (Å²) < 4.78 is 5.06. The summed E-state index contributed by atoms with van der Waals surface area (Å²) in [7, 11) is 1.74. The van der Waals surface area contributed by atoms with E-state index in [9.17, 15) is 0 Å². The average molecular weight is 220 g/mol. The van der Waals surface area contributed by atoms with E-state index in [0.717, 1.165) is 25.5 Å². The average Bonchev–Trinajstić information content (AvgIpc) is 3.13. The second-order valence-electron chi connectivity index (χ2n) is 4.42. The number of methoxy groups -OCH3 is 1. The van der Waals surface area contributed by atoms with E-state index in [0.29, 0.717) is 6.04 Å². The fourth-order valence-electron chi connectivity index (χ4n) is 1.99. The lowest BCUT2D eigenvalue weighted by atomic mass is 10.1. The summed E-state index contributed by atoms with van der Waals surface area (Å²) in [5.74, 6) is 0.846. The van der Waals surface area contributed by atoms with Crippen molar-refractivity contribution in [1.29, 1.82) is 0 Å². The number of hydrogen-bond acceptors (Lipinski definition) is 3. The van der Waals surface area contributed by atoms with Gasteiger partial charge >= 0.3 is 0 Å². The van der Waals surface area contributed by atoms with Gasteiger partial charge in [-0.1, -0.05) is 6.07 Å². The Morgan fingerprint density at radius 3 is 3.00 bits per heavy atom. The Labute approximate surface area is 97.2 Å². The number of hydrogen-bond donors (Lipinski definition) is 1. The number of rotatable bonds is 7. The Bertz CT molecular complexity index is 298. The standard InChI is InChI=1S/C13H20N2O/c1-16-9-8-15-13(11-5-6-11)10-12-4-2-3-7-14-12/h2-4,7,11,13,15H,5-6,8-10H2,1H3. The minimum Gasteiger partial charge on any atom is -0.383 e. The van der Waals surface area contributed by atoms with Gasteiger partial charge in [-0.05, 0) is 30.9 Å². The summed E-state index contributed by atoms with van der Waals surface area (Å²) in [5, 5.41) is 3.57. The Hall–Kier alpha value is -0.930. The lowest BCUT2D eigenvalue weighted by Gasteiger charge is -2.17. The molecule has 0 radical (unpaired) electrons. The first-order valence-corrected chi connectivity index (χ1v) is 6.02. The lowest BCUT2D eigenvalue weighted by molar-refractivity contribution is 0.194. The fraction of sp³-hybridized carbons (Fsp3) is 0.615. The number of nitrogens with one attached hydrogen (secondary N) is 1. The molecule has 1 fully saturated rings. The molecule has 0 bridgehead atoms. The molecule has 1 aromatic rings. The van der Waals surface area contributed by atoms with Crippen molar-refractivity contribution in [2.45, 2.75) is 25.3 Å². The van der Waals surface area contributed by atoms with Crippen LogP contribution in [-0.2, 0) is 11.2 Å². The summed E-state index contributed by atoms with van der Waals surface area (Å²) in [4.78, 5) is 4.39. The predicted molar refractivity (Wildman–Crippen MR) is 64.3 cm³/mol. The van der Waals surface area contributed by atoms with Gasteiger partial charge in [-0.2, -0.15) is 0 Å². The van der Waals surface area contributed by atoms with Crippen molar-refractivity contribution in [1.82, 2.24) is 10.3 Å². The molecule has 3 nitrogen and oxygen atoms in total. The molecule has 16 heavy (non-hydrogen) atoms. The normalized spacial score (nSPS) is 17.3. The molecule has 0 saturated heterocycles. The molecule has 1 N–H and O–H groups in total. The molecule has 1 unspecified atom stereocenters. The maximum atomic E-state index is 5.06. The Morgan fingerprint density at radius 2 is 2.38 bits per heavy atom. The van der Waals surface area contributed by atoms with Gasteiger partial charge in [-0.3, -0.25) is 4.98 Å². The third-order valence-corrected chi connectivity index (χ3v) is 3.06. The molecule has 1 atom stereocenters. The molecular formula is C13H20N2O. The summed E-state index contributed by atoms with van der Waals surface area (Å²) >= 11 is 0. The quantitative estimate of drug-likeness (QED) is 0.709. The molecule has 1 saturated carbocycles. The number of pyridine rings is 1. The summed E-state index contributed by atoms with van der Waals surface area (Å²) in [6, 6.07) is 6.70. The minimum atomic E-state index is 0.574. The lowest BCUT2D eigenvalue weighted by Crippen LogP contribution is -2.35. The van der Waals surface area contributed by atoms with Crippen LogP contribution in [0.5, 0.6) is 0 Å². The zero-order valence-electron chi connectivity index (χ0n) is 9.86. The summed E-state index contributed by atoms with van der Waals surface area (Å²) in [5.41, 5.74) is 1.18. The second-order valence-corrected chi connectivity index (χ2v) is 4.42. The van der Waals surface area contributed by atoms with Crippen molar-refractivity contribution in [3.05, 3.63) is 30.1 Å². The maximum Gasteiger partial charge on any atom is 0.0587 e. The molecule has 1 heterocycles. The smallest absolute Gasteiger partial charge is 0.0587 e. The van der Waals surface area contributed by atoms with E-state index in [2.05, 4.69) is 22.4 Å². The number of nitrogens with zero attached hydrogens (tertiary/aromatic N) is 1. The van der Waals surface area contributed by atoms with Gasteiger partial charge in [0.15, 0.2) is 0 Å². The van der Waals surface area contributed by atoms with Crippen molar-refractivity contribution in [3.63, 3.8) is 0 Å². The van der Waals surface area contributed by atoms with Crippen LogP contribution in [-0.4, -0.2) is 31.3 Å². The van der Waals surface area contributed by atoms with E-state index in [4.69, 9.17) is 4.74 Å². The van der Waals surface area contributed by atoms with Crippen LogP contribution in [0.25, 0.3) is 0 Å². The van der Waals surface area contributed by atoms with Gasteiger partial charge in [0.2, 0.25) is 0 Å². The third kappa shape index (κ3) is 3.58. The van der Waals surface area contributed by atoms with Crippen LogP contribution in [0.4, 0.5) is 0 Å². The molecule has 1 aliphatic rings. The second kappa shape index (κ2) is 5.97. The van der Waals surface area contributed by atoms with Crippen LogP contribution >= 0.6 is 0 Å². The van der Waals surface area contributed by atoms with Crippen molar-refractivity contribution < 1.29 is 4.74 Å². The zero-order chi connectivity index (χ0) is 11.2. The fourth-order valence-corrected chi connectivity index (χ4v) is 1.99. The molecule has 1 aromatic heterocycles. The van der Waals surface area contributed by atoms with Gasteiger partial charge in [-0.25, -0.2) is 0 Å².